The van der Waals surface area contributed by atoms with Gasteiger partial charge in [0, 0.05) is 31.3 Å². The molecular weight excluding hydrogens is 372 g/mol. The van der Waals surface area contributed by atoms with Crippen LogP contribution in [0.4, 0.5) is 0 Å². The molecule has 0 saturated carbocycles. The summed E-state index contributed by atoms with van der Waals surface area (Å²) in [6.45, 7) is 10.4. The highest BCUT2D eigenvalue weighted by molar-refractivity contribution is 5.87. The third-order valence-electron chi connectivity index (χ3n) is 7.27. The summed E-state index contributed by atoms with van der Waals surface area (Å²) in [4.78, 5) is 12.5. The first-order valence-electron chi connectivity index (χ1n) is 11.3. The van der Waals surface area contributed by atoms with E-state index in [1.807, 2.05) is 0 Å². The molecule has 6 heteroatoms. The molecular formula is C23H35O6. The molecule has 4 aliphatic rings. The van der Waals surface area contributed by atoms with Crippen LogP contribution in [0.5, 0.6) is 0 Å². The van der Waals surface area contributed by atoms with Gasteiger partial charge in [0.2, 0.25) is 0 Å². The number of unbranched alkanes of at least 4 members (excludes halogenated alkanes) is 3. The molecule has 163 valence electrons. The van der Waals surface area contributed by atoms with Crippen molar-refractivity contribution in [3.63, 3.8) is 0 Å². The molecule has 0 N–H and O–H groups in total. The van der Waals surface area contributed by atoms with E-state index in [2.05, 4.69) is 13.5 Å². The summed E-state index contributed by atoms with van der Waals surface area (Å²) in [5.74, 6) is -0.356. The van der Waals surface area contributed by atoms with Crippen LogP contribution >= 0.6 is 0 Å². The van der Waals surface area contributed by atoms with Gasteiger partial charge in [-0.25, -0.2) is 4.79 Å². The molecule has 6 nitrogen and oxygen atoms in total. The largest absolute Gasteiger partial charge is 0.456 e. The summed E-state index contributed by atoms with van der Waals surface area (Å²) in [5, 5.41) is 0. The molecule has 29 heavy (non-hydrogen) atoms. The van der Waals surface area contributed by atoms with Gasteiger partial charge in [0.25, 0.3) is 0 Å². The Bertz CT molecular complexity index is 613. The number of ether oxygens (including phenoxy) is 5. The van der Waals surface area contributed by atoms with Crippen LogP contribution in [0.1, 0.15) is 71.6 Å². The number of esters is 1. The maximum absolute atomic E-state index is 12.5. The van der Waals surface area contributed by atoms with Crippen LogP contribution in [0.3, 0.4) is 0 Å². The third kappa shape index (κ3) is 3.18. The first-order chi connectivity index (χ1) is 14.0. The van der Waals surface area contributed by atoms with E-state index in [0.717, 1.165) is 64.1 Å². The summed E-state index contributed by atoms with van der Waals surface area (Å²) < 4.78 is 30.8. The molecule has 1 radical (unpaired) electrons. The summed E-state index contributed by atoms with van der Waals surface area (Å²) in [6.07, 6.45) is 9.20. The lowest BCUT2D eigenvalue weighted by molar-refractivity contribution is -0.419. The molecule has 4 unspecified atom stereocenters. The van der Waals surface area contributed by atoms with Crippen molar-refractivity contribution in [2.24, 2.45) is 0 Å². The van der Waals surface area contributed by atoms with E-state index in [1.165, 1.54) is 6.42 Å². The van der Waals surface area contributed by atoms with Gasteiger partial charge in [-0.1, -0.05) is 32.8 Å². The Morgan fingerprint density at radius 2 is 1.72 bits per heavy atom. The lowest BCUT2D eigenvalue weighted by atomic mass is 9.56. The molecule has 0 aromatic heterocycles. The van der Waals surface area contributed by atoms with Gasteiger partial charge in [0.1, 0.15) is 29.0 Å². The molecule has 0 aromatic rings. The second-order valence-electron chi connectivity index (χ2n) is 8.88. The van der Waals surface area contributed by atoms with Crippen LogP contribution in [0.2, 0.25) is 0 Å². The van der Waals surface area contributed by atoms with Gasteiger partial charge in [0.05, 0.1) is 26.4 Å². The first-order valence-corrected chi connectivity index (χ1v) is 11.3. The number of carbonyl (C=O) groups excluding carboxylic acids is 1. The maximum atomic E-state index is 12.5. The van der Waals surface area contributed by atoms with E-state index in [1.54, 1.807) is 6.92 Å². The third-order valence-corrected chi connectivity index (χ3v) is 7.27. The average molecular weight is 408 g/mol. The van der Waals surface area contributed by atoms with Crippen molar-refractivity contribution in [3.8, 4) is 0 Å². The Balaban J connectivity index is 1.62. The fourth-order valence-corrected chi connectivity index (χ4v) is 5.42. The van der Waals surface area contributed by atoms with E-state index in [-0.39, 0.29) is 12.1 Å². The van der Waals surface area contributed by atoms with Gasteiger partial charge in [-0.15, -0.1) is 0 Å². The molecule has 4 fully saturated rings. The fourth-order valence-electron chi connectivity index (χ4n) is 5.42. The van der Waals surface area contributed by atoms with Crippen LogP contribution in [0.25, 0.3) is 0 Å². The van der Waals surface area contributed by atoms with Crippen molar-refractivity contribution >= 4 is 5.97 Å². The monoisotopic (exact) mass is 407 g/mol. The van der Waals surface area contributed by atoms with Crippen molar-refractivity contribution in [1.29, 1.82) is 0 Å². The Morgan fingerprint density at radius 1 is 1.07 bits per heavy atom. The van der Waals surface area contributed by atoms with E-state index in [0.29, 0.717) is 25.4 Å². The van der Waals surface area contributed by atoms with E-state index in [9.17, 15) is 4.79 Å². The molecule has 0 aromatic carbocycles. The van der Waals surface area contributed by atoms with Crippen molar-refractivity contribution in [3.05, 3.63) is 18.3 Å². The van der Waals surface area contributed by atoms with E-state index in [4.69, 9.17) is 23.7 Å². The quantitative estimate of drug-likeness (QED) is 0.294. The Labute approximate surface area is 174 Å². The SMILES string of the molecule is C=C(C)C(=O)OC(CCCCCC)C1(C2(C3([C]4CCO4)CCO3)CCO2)CCO1. The normalized spacial score (nSPS) is 37.4. The topological polar surface area (TPSA) is 63.2 Å². The lowest BCUT2D eigenvalue weighted by Gasteiger charge is -2.70. The summed E-state index contributed by atoms with van der Waals surface area (Å²) >= 11 is 0. The highest BCUT2D eigenvalue weighted by atomic mass is 16.6. The molecule has 0 amide bonds. The van der Waals surface area contributed by atoms with Crippen LogP contribution < -0.4 is 0 Å². The molecule has 4 rings (SSSR count). The Morgan fingerprint density at radius 3 is 2.10 bits per heavy atom. The molecule has 0 spiro atoms. The molecule has 4 atom stereocenters. The number of carbonyl (C=O) groups is 1. The second kappa shape index (κ2) is 8.29. The summed E-state index contributed by atoms with van der Waals surface area (Å²) in [6, 6.07) is 0. The lowest BCUT2D eigenvalue weighted by Crippen LogP contribution is -2.85. The zero-order valence-corrected chi connectivity index (χ0v) is 17.9. The maximum Gasteiger partial charge on any atom is 0.333 e. The molecule has 0 bridgehead atoms. The van der Waals surface area contributed by atoms with Gasteiger partial charge in [-0.05, 0) is 19.8 Å². The van der Waals surface area contributed by atoms with Crippen LogP contribution in [0.15, 0.2) is 12.2 Å². The van der Waals surface area contributed by atoms with E-state index >= 15 is 0 Å². The minimum absolute atomic E-state index is 0.356. The van der Waals surface area contributed by atoms with Crippen molar-refractivity contribution in [2.45, 2.75) is 94.5 Å². The van der Waals surface area contributed by atoms with Gasteiger partial charge in [0.15, 0.2) is 0 Å². The van der Waals surface area contributed by atoms with Crippen LogP contribution in [-0.2, 0) is 28.5 Å². The fraction of sp³-hybridized carbons (Fsp3) is 0.826. The highest BCUT2D eigenvalue weighted by Gasteiger charge is 2.78. The minimum Gasteiger partial charge on any atom is -0.456 e. The van der Waals surface area contributed by atoms with E-state index < -0.39 is 16.8 Å². The number of rotatable bonds is 11. The Kier molecular flexibility index (Phi) is 6.09. The molecule has 4 aliphatic heterocycles. The number of hydrogen-bond donors (Lipinski definition) is 0. The first kappa shape index (κ1) is 21.3. The van der Waals surface area contributed by atoms with Crippen molar-refractivity contribution < 1.29 is 28.5 Å². The predicted molar refractivity (Wildman–Crippen MR) is 107 cm³/mol. The Hall–Kier alpha value is -0.950. The zero-order chi connectivity index (χ0) is 20.5. The molecule has 4 saturated heterocycles. The minimum atomic E-state index is -0.686. The predicted octanol–water partition coefficient (Wildman–Crippen LogP) is 3.87. The van der Waals surface area contributed by atoms with Gasteiger partial charge >= 0.3 is 5.97 Å². The number of hydrogen-bond acceptors (Lipinski definition) is 6. The molecule has 4 heterocycles. The molecule has 0 aliphatic carbocycles. The van der Waals surface area contributed by atoms with Gasteiger partial charge in [-0.2, -0.15) is 0 Å². The summed E-state index contributed by atoms with van der Waals surface area (Å²) in [7, 11) is 0. The zero-order valence-electron chi connectivity index (χ0n) is 17.9. The van der Waals surface area contributed by atoms with Crippen LogP contribution in [0, 0.1) is 6.10 Å². The standard InChI is InChI=1S/C23H35O6/c1-4-5-6-7-8-19(29-20(24)17(2)3)22(11-15-27-22)23(12-16-28-23)21(10-14-26-21)18-9-13-25-18/h19H,2,4-16H2,1,3H3. The van der Waals surface area contributed by atoms with Gasteiger partial charge < -0.3 is 23.7 Å². The van der Waals surface area contributed by atoms with Gasteiger partial charge in [-0.3, -0.25) is 0 Å². The summed E-state index contributed by atoms with van der Waals surface area (Å²) in [5.41, 5.74) is -1.49. The van der Waals surface area contributed by atoms with Crippen molar-refractivity contribution in [1.82, 2.24) is 0 Å². The van der Waals surface area contributed by atoms with Crippen LogP contribution in [-0.4, -0.2) is 55.3 Å². The average Bonchev–Trinajstić information content (AvgIpc) is 2.54. The smallest absolute Gasteiger partial charge is 0.333 e. The van der Waals surface area contributed by atoms with Crippen molar-refractivity contribution in [2.75, 3.05) is 26.4 Å². The highest BCUT2D eigenvalue weighted by Crippen LogP contribution is 2.63. The second-order valence-corrected chi connectivity index (χ2v) is 8.88.